The van der Waals surface area contributed by atoms with Crippen molar-refractivity contribution >= 4 is 43.5 Å². The van der Waals surface area contributed by atoms with Crippen molar-refractivity contribution in [2.24, 2.45) is 0 Å². The van der Waals surface area contributed by atoms with Crippen LogP contribution in [0, 0.1) is 0 Å². The zero-order valence-corrected chi connectivity index (χ0v) is 14.1. The monoisotopic (exact) mass is 396 g/mol. The van der Waals surface area contributed by atoms with Gasteiger partial charge in [-0.2, -0.15) is 0 Å². The van der Waals surface area contributed by atoms with Crippen LogP contribution < -0.4 is 5.73 Å². The molecule has 2 rings (SSSR count). The first-order chi connectivity index (χ1) is 9.47. The number of nitrogens with zero attached hydrogens (tertiary/aromatic N) is 1. The number of benzene rings is 2. The summed E-state index contributed by atoms with van der Waals surface area (Å²) < 4.78 is 1.71. The first-order valence-electron chi connectivity index (χ1n) is 6.02. The lowest BCUT2D eigenvalue weighted by atomic mass is 10.1. The van der Waals surface area contributed by atoms with Crippen LogP contribution in [0.1, 0.15) is 15.9 Å². The fourth-order valence-corrected chi connectivity index (χ4v) is 3.05. The maximum Gasteiger partial charge on any atom is 0.255 e. The Balaban J connectivity index is 2.14. The van der Waals surface area contributed by atoms with Gasteiger partial charge in [-0.3, -0.25) is 4.79 Å². The van der Waals surface area contributed by atoms with E-state index in [4.69, 9.17) is 5.73 Å². The number of carbonyl (C=O) groups is 1. The van der Waals surface area contributed by atoms with Gasteiger partial charge in [-0.25, -0.2) is 0 Å². The summed E-state index contributed by atoms with van der Waals surface area (Å²) in [6.45, 7) is 0.543. The summed E-state index contributed by atoms with van der Waals surface area (Å²) in [6.07, 6.45) is 0. The van der Waals surface area contributed by atoms with Crippen molar-refractivity contribution in [2.75, 3.05) is 12.8 Å². The fourth-order valence-electron chi connectivity index (χ4n) is 1.84. The maximum absolute atomic E-state index is 12.4. The van der Waals surface area contributed by atoms with Crippen LogP contribution in [0.4, 0.5) is 5.69 Å². The Hall–Kier alpha value is -1.33. The standard InChI is InChI=1S/C15H14Br2N2O/c1-19(9-10-2-5-12(18)6-3-10)15(20)13-7-4-11(16)8-14(13)17/h2-8H,9,18H2,1H3. The molecule has 0 radical (unpaired) electrons. The van der Waals surface area contributed by atoms with Gasteiger partial charge in [0, 0.05) is 28.2 Å². The van der Waals surface area contributed by atoms with Crippen LogP contribution in [0.15, 0.2) is 51.4 Å². The Morgan fingerprint density at radius 3 is 2.40 bits per heavy atom. The lowest BCUT2D eigenvalue weighted by Gasteiger charge is -2.18. The molecule has 0 fully saturated rings. The van der Waals surface area contributed by atoms with E-state index in [2.05, 4.69) is 31.9 Å². The van der Waals surface area contributed by atoms with E-state index in [1.54, 1.807) is 18.0 Å². The van der Waals surface area contributed by atoms with E-state index in [9.17, 15) is 4.79 Å². The van der Waals surface area contributed by atoms with Crippen LogP contribution in [0.5, 0.6) is 0 Å². The lowest BCUT2D eigenvalue weighted by Crippen LogP contribution is -2.26. The van der Waals surface area contributed by atoms with Crippen LogP contribution in [0.3, 0.4) is 0 Å². The largest absolute Gasteiger partial charge is 0.399 e. The summed E-state index contributed by atoms with van der Waals surface area (Å²) in [7, 11) is 1.78. The second kappa shape index (κ2) is 6.41. The third kappa shape index (κ3) is 3.61. The number of halogens is 2. The molecule has 0 bridgehead atoms. The van der Waals surface area contributed by atoms with Crippen LogP contribution in [-0.4, -0.2) is 17.9 Å². The van der Waals surface area contributed by atoms with Gasteiger partial charge in [0.1, 0.15) is 0 Å². The molecule has 0 aromatic heterocycles. The van der Waals surface area contributed by atoms with E-state index in [0.717, 1.165) is 20.2 Å². The Kier molecular flexibility index (Phi) is 4.83. The summed E-state index contributed by atoms with van der Waals surface area (Å²) in [5.41, 5.74) is 8.06. The molecule has 0 aliphatic carbocycles. The average molecular weight is 398 g/mol. The molecule has 104 valence electrons. The molecular weight excluding hydrogens is 384 g/mol. The minimum absolute atomic E-state index is 0.0267. The number of rotatable bonds is 3. The maximum atomic E-state index is 12.4. The van der Waals surface area contributed by atoms with Crippen LogP contribution in [0.25, 0.3) is 0 Å². The Labute approximate surface area is 135 Å². The first kappa shape index (κ1) is 15.1. The predicted octanol–water partition coefficient (Wildman–Crippen LogP) is 4.07. The van der Waals surface area contributed by atoms with Crippen molar-refractivity contribution in [3.63, 3.8) is 0 Å². The molecular formula is C15H14Br2N2O. The predicted molar refractivity (Wildman–Crippen MR) is 88.5 cm³/mol. The summed E-state index contributed by atoms with van der Waals surface area (Å²) in [5.74, 6) is -0.0267. The number of nitrogens with two attached hydrogens (primary N) is 1. The minimum atomic E-state index is -0.0267. The third-order valence-corrected chi connectivity index (χ3v) is 4.06. The molecule has 0 spiro atoms. The molecule has 5 heteroatoms. The Bertz CT molecular complexity index is 626. The van der Waals surface area contributed by atoms with Crippen molar-refractivity contribution in [1.82, 2.24) is 4.90 Å². The number of anilines is 1. The number of hydrogen-bond acceptors (Lipinski definition) is 2. The smallest absolute Gasteiger partial charge is 0.255 e. The topological polar surface area (TPSA) is 46.3 Å². The number of amides is 1. The van der Waals surface area contributed by atoms with Crippen LogP contribution in [0.2, 0.25) is 0 Å². The molecule has 20 heavy (non-hydrogen) atoms. The van der Waals surface area contributed by atoms with E-state index in [0.29, 0.717) is 12.1 Å². The van der Waals surface area contributed by atoms with Crippen molar-refractivity contribution in [1.29, 1.82) is 0 Å². The Morgan fingerprint density at radius 2 is 1.80 bits per heavy atom. The molecule has 0 unspecified atom stereocenters. The van der Waals surface area contributed by atoms with Gasteiger partial charge < -0.3 is 10.6 Å². The fraction of sp³-hybridized carbons (Fsp3) is 0.133. The van der Waals surface area contributed by atoms with Gasteiger partial charge in [0.2, 0.25) is 0 Å². The molecule has 2 aromatic carbocycles. The first-order valence-corrected chi connectivity index (χ1v) is 7.61. The SMILES string of the molecule is CN(Cc1ccc(N)cc1)C(=O)c1ccc(Br)cc1Br. The zero-order chi connectivity index (χ0) is 14.7. The quantitative estimate of drug-likeness (QED) is 0.793. The summed E-state index contributed by atoms with van der Waals surface area (Å²) >= 11 is 6.79. The van der Waals surface area contributed by atoms with E-state index < -0.39 is 0 Å². The highest BCUT2D eigenvalue weighted by atomic mass is 79.9. The minimum Gasteiger partial charge on any atom is -0.399 e. The van der Waals surface area contributed by atoms with Gasteiger partial charge in [-0.15, -0.1) is 0 Å². The number of nitrogen functional groups attached to an aromatic ring is 1. The second-order valence-corrected chi connectivity index (χ2v) is 6.30. The van der Waals surface area contributed by atoms with Gasteiger partial charge in [0.15, 0.2) is 0 Å². The van der Waals surface area contributed by atoms with E-state index in [1.807, 2.05) is 36.4 Å². The van der Waals surface area contributed by atoms with Crippen molar-refractivity contribution in [3.8, 4) is 0 Å². The van der Waals surface area contributed by atoms with E-state index in [1.165, 1.54) is 0 Å². The molecule has 0 aliphatic rings. The Morgan fingerprint density at radius 1 is 1.15 bits per heavy atom. The van der Waals surface area contributed by atoms with Gasteiger partial charge >= 0.3 is 0 Å². The highest BCUT2D eigenvalue weighted by Gasteiger charge is 2.15. The van der Waals surface area contributed by atoms with E-state index in [-0.39, 0.29) is 5.91 Å². The summed E-state index contributed by atoms with van der Waals surface area (Å²) in [4.78, 5) is 14.1. The molecule has 0 heterocycles. The average Bonchev–Trinajstić information content (AvgIpc) is 2.40. The van der Waals surface area contributed by atoms with Gasteiger partial charge in [0.25, 0.3) is 5.91 Å². The normalized spacial score (nSPS) is 10.3. The molecule has 3 nitrogen and oxygen atoms in total. The summed E-state index contributed by atoms with van der Waals surface area (Å²) in [5, 5.41) is 0. The number of carbonyl (C=O) groups excluding carboxylic acids is 1. The van der Waals surface area contributed by atoms with E-state index >= 15 is 0 Å². The highest BCUT2D eigenvalue weighted by Crippen LogP contribution is 2.23. The number of hydrogen-bond donors (Lipinski definition) is 1. The molecule has 0 aliphatic heterocycles. The second-order valence-electron chi connectivity index (χ2n) is 4.53. The van der Waals surface area contributed by atoms with Crippen molar-refractivity contribution in [2.45, 2.75) is 6.54 Å². The summed E-state index contributed by atoms with van der Waals surface area (Å²) in [6, 6.07) is 13.0. The van der Waals surface area contributed by atoms with Crippen LogP contribution >= 0.6 is 31.9 Å². The highest BCUT2D eigenvalue weighted by molar-refractivity contribution is 9.11. The zero-order valence-electron chi connectivity index (χ0n) is 10.9. The van der Waals surface area contributed by atoms with Crippen molar-refractivity contribution in [3.05, 3.63) is 62.5 Å². The molecule has 0 atom stereocenters. The van der Waals surface area contributed by atoms with Gasteiger partial charge in [-0.1, -0.05) is 28.1 Å². The molecule has 0 saturated heterocycles. The molecule has 2 N–H and O–H groups in total. The third-order valence-electron chi connectivity index (χ3n) is 2.91. The van der Waals surface area contributed by atoms with Gasteiger partial charge in [0.05, 0.1) is 5.56 Å². The molecule has 0 saturated carbocycles. The lowest BCUT2D eigenvalue weighted by molar-refractivity contribution is 0.0784. The van der Waals surface area contributed by atoms with Gasteiger partial charge in [-0.05, 0) is 51.8 Å². The molecule has 1 amide bonds. The van der Waals surface area contributed by atoms with Crippen LogP contribution in [-0.2, 0) is 6.54 Å². The molecule has 2 aromatic rings. The van der Waals surface area contributed by atoms with Crippen molar-refractivity contribution < 1.29 is 4.79 Å².